The molecule has 2 rings (SSSR count). The molecule has 0 fully saturated rings. The molecule has 0 bridgehead atoms. The second-order valence-corrected chi connectivity index (χ2v) is 4.42. The largest absolute Gasteiger partial charge is 0.496 e. The Balaban J connectivity index is 2.21. The van der Waals surface area contributed by atoms with Gasteiger partial charge in [0.15, 0.2) is 0 Å². The zero-order chi connectivity index (χ0) is 14.5. The number of benzene rings is 2. The van der Waals surface area contributed by atoms with Crippen LogP contribution in [0.25, 0.3) is 0 Å². The predicted octanol–water partition coefficient (Wildman–Crippen LogP) is 3.09. The van der Waals surface area contributed by atoms with Gasteiger partial charge in [0, 0.05) is 11.4 Å². The highest BCUT2D eigenvalue weighted by Crippen LogP contribution is 2.22. The maximum absolute atomic E-state index is 12.2. The van der Waals surface area contributed by atoms with Gasteiger partial charge in [-0.05, 0) is 36.2 Å². The van der Waals surface area contributed by atoms with Gasteiger partial charge in [-0.2, -0.15) is 0 Å². The molecule has 4 heteroatoms. The predicted molar refractivity (Wildman–Crippen MR) is 81.2 cm³/mol. The topological polar surface area (TPSA) is 64.3 Å². The van der Waals surface area contributed by atoms with E-state index in [0.717, 1.165) is 12.0 Å². The number of nitrogen functional groups attached to an aromatic ring is 1. The second kappa shape index (κ2) is 6.10. The molecule has 0 saturated heterocycles. The number of anilines is 2. The van der Waals surface area contributed by atoms with Crippen molar-refractivity contribution in [1.29, 1.82) is 0 Å². The Bertz CT molecular complexity index is 624. The molecule has 20 heavy (non-hydrogen) atoms. The molecule has 2 aromatic rings. The highest BCUT2D eigenvalue weighted by molar-refractivity contribution is 6.06. The molecule has 0 radical (unpaired) electrons. The minimum absolute atomic E-state index is 0.217. The van der Waals surface area contributed by atoms with Crippen LogP contribution in [0.4, 0.5) is 11.4 Å². The lowest BCUT2D eigenvalue weighted by Crippen LogP contribution is -2.13. The Labute approximate surface area is 118 Å². The Morgan fingerprint density at radius 1 is 1.25 bits per heavy atom. The van der Waals surface area contributed by atoms with Crippen LogP contribution in [0.3, 0.4) is 0 Å². The summed E-state index contributed by atoms with van der Waals surface area (Å²) in [7, 11) is 1.54. The van der Waals surface area contributed by atoms with Crippen LogP contribution in [0.1, 0.15) is 22.8 Å². The number of hydrogen-bond donors (Lipinski definition) is 2. The molecule has 0 unspecified atom stereocenters. The van der Waals surface area contributed by atoms with Crippen LogP contribution in [-0.4, -0.2) is 13.0 Å². The number of carbonyl (C=O) groups is 1. The molecule has 0 aliphatic carbocycles. The highest BCUT2D eigenvalue weighted by atomic mass is 16.5. The van der Waals surface area contributed by atoms with Gasteiger partial charge >= 0.3 is 0 Å². The first kappa shape index (κ1) is 13.9. The number of aryl methyl sites for hydroxylation is 1. The van der Waals surface area contributed by atoms with Gasteiger partial charge < -0.3 is 15.8 Å². The lowest BCUT2D eigenvalue weighted by Gasteiger charge is -2.10. The minimum Gasteiger partial charge on any atom is -0.496 e. The molecular weight excluding hydrogens is 252 g/mol. The van der Waals surface area contributed by atoms with E-state index in [4.69, 9.17) is 10.5 Å². The van der Waals surface area contributed by atoms with Crippen molar-refractivity contribution in [3.8, 4) is 5.75 Å². The third-order valence-corrected chi connectivity index (χ3v) is 3.14. The number of para-hydroxylation sites is 1. The number of ether oxygens (including phenoxy) is 1. The van der Waals surface area contributed by atoms with Crippen LogP contribution in [0, 0.1) is 0 Å². The van der Waals surface area contributed by atoms with Crippen molar-refractivity contribution in [1.82, 2.24) is 0 Å². The summed E-state index contributed by atoms with van der Waals surface area (Å²) in [6.45, 7) is 2.04. The summed E-state index contributed by atoms with van der Waals surface area (Å²) >= 11 is 0. The molecule has 2 aromatic carbocycles. The first-order valence-corrected chi connectivity index (χ1v) is 6.48. The Morgan fingerprint density at radius 3 is 2.65 bits per heavy atom. The molecule has 0 atom stereocenters. The van der Waals surface area contributed by atoms with E-state index >= 15 is 0 Å². The van der Waals surface area contributed by atoms with E-state index in [1.807, 2.05) is 25.1 Å². The number of carbonyl (C=O) groups excluding carboxylic acids is 1. The van der Waals surface area contributed by atoms with E-state index in [9.17, 15) is 4.79 Å². The monoisotopic (exact) mass is 270 g/mol. The molecule has 0 heterocycles. The molecule has 0 spiro atoms. The average Bonchev–Trinajstić information content (AvgIpc) is 2.47. The summed E-state index contributed by atoms with van der Waals surface area (Å²) in [5.41, 5.74) is 8.85. The number of amides is 1. The van der Waals surface area contributed by atoms with Crippen LogP contribution >= 0.6 is 0 Å². The van der Waals surface area contributed by atoms with E-state index in [-0.39, 0.29) is 5.91 Å². The van der Waals surface area contributed by atoms with Crippen LogP contribution in [-0.2, 0) is 6.42 Å². The Kier molecular flexibility index (Phi) is 4.25. The smallest absolute Gasteiger partial charge is 0.259 e. The molecule has 0 aliphatic heterocycles. The number of nitrogens with two attached hydrogens (primary N) is 1. The third kappa shape index (κ3) is 2.91. The molecule has 3 N–H and O–H groups in total. The van der Waals surface area contributed by atoms with E-state index in [2.05, 4.69) is 5.32 Å². The van der Waals surface area contributed by atoms with Crippen LogP contribution in [0.2, 0.25) is 0 Å². The van der Waals surface area contributed by atoms with Crippen molar-refractivity contribution >= 4 is 17.3 Å². The molecule has 4 nitrogen and oxygen atoms in total. The van der Waals surface area contributed by atoms with E-state index in [1.165, 1.54) is 0 Å². The summed E-state index contributed by atoms with van der Waals surface area (Å²) in [6.07, 6.45) is 0.868. The molecule has 104 valence electrons. The lowest BCUT2D eigenvalue weighted by atomic mass is 10.1. The summed E-state index contributed by atoms with van der Waals surface area (Å²) in [4.78, 5) is 12.2. The summed E-state index contributed by atoms with van der Waals surface area (Å²) in [5, 5.41) is 2.83. The molecule has 0 saturated carbocycles. The summed E-state index contributed by atoms with van der Waals surface area (Å²) in [5.74, 6) is 0.328. The van der Waals surface area contributed by atoms with Gasteiger partial charge in [0.05, 0.1) is 12.7 Å². The standard InChI is InChI=1S/C16H18N2O2/c1-3-11-8-9-12(10-14(11)17)18-16(19)13-6-4-5-7-15(13)20-2/h4-10H,3,17H2,1-2H3,(H,18,19). The fourth-order valence-corrected chi connectivity index (χ4v) is 2.03. The van der Waals surface area contributed by atoms with Crippen molar-refractivity contribution in [2.24, 2.45) is 0 Å². The van der Waals surface area contributed by atoms with Crippen LogP contribution < -0.4 is 15.8 Å². The SMILES string of the molecule is CCc1ccc(NC(=O)c2ccccc2OC)cc1N. The highest BCUT2D eigenvalue weighted by Gasteiger charge is 2.11. The summed E-state index contributed by atoms with van der Waals surface area (Å²) in [6, 6.07) is 12.6. The van der Waals surface area contributed by atoms with Crippen molar-refractivity contribution in [2.45, 2.75) is 13.3 Å². The number of hydrogen-bond acceptors (Lipinski definition) is 3. The van der Waals surface area contributed by atoms with Crippen molar-refractivity contribution in [3.63, 3.8) is 0 Å². The Morgan fingerprint density at radius 2 is 2.00 bits per heavy atom. The molecule has 0 aromatic heterocycles. The zero-order valence-electron chi connectivity index (χ0n) is 11.6. The number of methoxy groups -OCH3 is 1. The second-order valence-electron chi connectivity index (χ2n) is 4.42. The van der Waals surface area contributed by atoms with E-state index < -0.39 is 0 Å². The van der Waals surface area contributed by atoms with Gasteiger partial charge in [-0.1, -0.05) is 25.1 Å². The Hall–Kier alpha value is -2.49. The first-order chi connectivity index (χ1) is 9.65. The van der Waals surface area contributed by atoms with E-state index in [1.54, 1.807) is 31.4 Å². The van der Waals surface area contributed by atoms with Crippen molar-refractivity contribution in [3.05, 3.63) is 53.6 Å². The summed E-state index contributed by atoms with van der Waals surface area (Å²) < 4.78 is 5.18. The maximum Gasteiger partial charge on any atom is 0.259 e. The fraction of sp³-hybridized carbons (Fsp3) is 0.188. The lowest BCUT2D eigenvalue weighted by molar-refractivity contribution is 0.102. The van der Waals surface area contributed by atoms with Gasteiger partial charge in [-0.15, -0.1) is 0 Å². The molecule has 1 amide bonds. The number of rotatable bonds is 4. The maximum atomic E-state index is 12.2. The van der Waals surface area contributed by atoms with Crippen LogP contribution in [0.5, 0.6) is 5.75 Å². The number of nitrogens with one attached hydrogen (secondary N) is 1. The van der Waals surface area contributed by atoms with Gasteiger partial charge in [0.25, 0.3) is 5.91 Å². The zero-order valence-corrected chi connectivity index (χ0v) is 11.6. The first-order valence-electron chi connectivity index (χ1n) is 6.48. The van der Waals surface area contributed by atoms with Gasteiger partial charge in [0.1, 0.15) is 5.75 Å². The van der Waals surface area contributed by atoms with E-state index in [0.29, 0.717) is 22.7 Å². The van der Waals surface area contributed by atoms with Gasteiger partial charge in [-0.3, -0.25) is 4.79 Å². The minimum atomic E-state index is -0.217. The quantitative estimate of drug-likeness (QED) is 0.839. The fourth-order valence-electron chi connectivity index (χ4n) is 2.03. The third-order valence-electron chi connectivity index (χ3n) is 3.14. The molecule has 0 aliphatic rings. The van der Waals surface area contributed by atoms with Crippen molar-refractivity contribution < 1.29 is 9.53 Å². The van der Waals surface area contributed by atoms with Gasteiger partial charge in [0.2, 0.25) is 0 Å². The molecular formula is C16H18N2O2. The average molecular weight is 270 g/mol. The van der Waals surface area contributed by atoms with Crippen LogP contribution in [0.15, 0.2) is 42.5 Å². The normalized spacial score (nSPS) is 10.1. The van der Waals surface area contributed by atoms with Gasteiger partial charge in [-0.25, -0.2) is 0 Å². The van der Waals surface area contributed by atoms with Crippen molar-refractivity contribution in [2.75, 3.05) is 18.2 Å².